The highest BCUT2D eigenvalue weighted by Crippen LogP contribution is 2.38. The number of hydrogen-bond acceptors (Lipinski definition) is 8. The number of benzene rings is 6. The third-order valence-electron chi connectivity index (χ3n) is 23.9. The van der Waals surface area contributed by atoms with Crippen molar-refractivity contribution in [2.45, 2.75) is 242 Å². The number of thiazole rings is 1. The maximum atomic E-state index is 5.60. The SMILES string of the molecule is Cc1c(C)c(C)c2c(C)snc2c1C.Cc1c(C)c(C)c2c(c1C)c(C)c(C)n2C.Cc1c(C)c(C)c2c(c1C)c(C)c(C)n2C.Cc1c(C)c(C)c2c(nc(C)n2C)c1C.Cc1nc2c(C)c(C)c(C)c(C)c2o1.Cc1nc2c(C)c(C)c(C)c(C)c2s1.Cc1nn(C)c(C)c1C. The first-order valence-corrected chi connectivity index (χ1v) is 36.4. The minimum absolute atomic E-state index is 0.746. The first-order valence-electron chi connectivity index (χ1n) is 34.8. The molecule has 7 heterocycles. The van der Waals surface area contributed by atoms with Gasteiger partial charge in [-0.15, -0.1) is 11.3 Å². The summed E-state index contributed by atoms with van der Waals surface area (Å²) in [5.74, 6) is 1.83. The lowest BCUT2D eigenvalue weighted by molar-refractivity contribution is 0.559. The molecule has 0 bridgehead atoms. The van der Waals surface area contributed by atoms with Gasteiger partial charge >= 0.3 is 0 Å². The predicted octanol–water partition coefficient (Wildman–Crippen LogP) is 23.6. The quantitative estimate of drug-likeness (QED) is 0.150. The second kappa shape index (κ2) is 29.6. The summed E-state index contributed by atoms with van der Waals surface area (Å²) in [5, 5.41) is 9.68. The molecule has 0 atom stereocenters. The summed E-state index contributed by atoms with van der Waals surface area (Å²) in [6.45, 7) is 75.9. The summed E-state index contributed by atoms with van der Waals surface area (Å²) in [6.07, 6.45) is 0. The smallest absolute Gasteiger partial charge is 0.192 e. The van der Waals surface area contributed by atoms with Gasteiger partial charge in [-0.3, -0.25) is 4.68 Å². The molecule has 0 aliphatic rings. The van der Waals surface area contributed by atoms with E-state index in [4.69, 9.17) is 4.42 Å². The maximum Gasteiger partial charge on any atom is 0.192 e. The molecule has 0 spiro atoms. The number of nitrogens with zero attached hydrogens (tertiary/aromatic N) is 9. The number of aromatic nitrogens is 9. The Morgan fingerprint density at radius 3 is 1.07 bits per heavy atom. The lowest BCUT2D eigenvalue weighted by Gasteiger charge is -2.12. The van der Waals surface area contributed by atoms with Crippen LogP contribution in [0.5, 0.6) is 0 Å². The van der Waals surface area contributed by atoms with Gasteiger partial charge in [-0.2, -0.15) is 9.47 Å². The van der Waals surface area contributed by atoms with Gasteiger partial charge < -0.3 is 18.1 Å². The molecule has 12 heteroatoms. The van der Waals surface area contributed by atoms with E-state index in [0.717, 1.165) is 39.0 Å². The molecule has 0 N–H and O–H groups in total. The third kappa shape index (κ3) is 13.8. The molecule has 13 aromatic rings. The average molecular weight is 1360 g/mol. The van der Waals surface area contributed by atoms with Crippen molar-refractivity contribution in [2.75, 3.05) is 0 Å². The van der Waals surface area contributed by atoms with E-state index in [-0.39, 0.29) is 0 Å². The summed E-state index contributed by atoms with van der Waals surface area (Å²) in [6, 6.07) is 0. The van der Waals surface area contributed by atoms with Crippen molar-refractivity contribution in [3.05, 3.63) is 195 Å². The number of aryl methyl sites for hydroxylation is 23. The molecule has 0 aliphatic carbocycles. The van der Waals surface area contributed by atoms with Crippen LogP contribution in [0.1, 0.15) is 195 Å². The fourth-order valence-electron chi connectivity index (χ4n) is 14.3. The number of imidazole rings is 1. The van der Waals surface area contributed by atoms with Gasteiger partial charge in [0.25, 0.3) is 0 Å². The van der Waals surface area contributed by atoms with Gasteiger partial charge in [-0.1, -0.05) is 0 Å². The predicted molar refractivity (Wildman–Crippen MR) is 429 cm³/mol. The summed E-state index contributed by atoms with van der Waals surface area (Å²) in [7, 11) is 8.40. The van der Waals surface area contributed by atoms with Crippen LogP contribution in [0.4, 0.5) is 0 Å². The molecule has 7 aromatic heterocycles. The van der Waals surface area contributed by atoms with E-state index in [1.165, 1.54) is 221 Å². The lowest BCUT2D eigenvalue weighted by atomic mass is 9.94. The van der Waals surface area contributed by atoms with Gasteiger partial charge in [0.1, 0.15) is 11.3 Å². The Hall–Kier alpha value is -7.67. The van der Waals surface area contributed by atoms with Gasteiger partial charge in [0.15, 0.2) is 11.5 Å². The van der Waals surface area contributed by atoms with Gasteiger partial charge in [0.2, 0.25) is 0 Å². The highest BCUT2D eigenvalue weighted by Gasteiger charge is 2.21. The fraction of sp³-hybridized carbons (Fsp3) is 0.453. The Labute approximate surface area is 596 Å². The molecular formula is C86H117N9OS2. The minimum Gasteiger partial charge on any atom is -0.441 e. The molecule has 0 unspecified atom stereocenters. The molecule has 0 saturated carbocycles. The summed E-state index contributed by atoms with van der Waals surface area (Å²) < 4.78 is 20.2. The Morgan fingerprint density at radius 2 is 0.653 bits per heavy atom. The van der Waals surface area contributed by atoms with E-state index in [1.807, 2.05) is 25.6 Å². The Kier molecular flexibility index (Phi) is 23.5. The summed E-state index contributed by atoms with van der Waals surface area (Å²) in [4.78, 5) is 15.0. The molecule has 0 fully saturated rings. The van der Waals surface area contributed by atoms with Gasteiger partial charge in [0, 0.05) is 73.2 Å². The van der Waals surface area contributed by atoms with Crippen molar-refractivity contribution in [3.8, 4) is 0 Å². The minimum atomic E-state index is 0.746. The van der Waals surface area contributed by atoms with Gasteiger partial charge in [-0.05, 0) is 397 Å². The average Bonchev–Trinajstić information content (AvgIpc) is 1.61. The number of oxazole rings is 1. The number of rotatable bonds is 0. The fourth-order valence-corrected chi connectivity index (χ4v) is 16.2. The van der Waals surface area contributed by atoms with Crippen molar-refractivity contribution in [1.29, 1.82) is 0 Å². The Bertz CT molecular complexity index is 4850. The number of hydrogen-bond donors (Lipinski definition) is 0. The van der Waals surface area contributed by atoms with Crippen molar-refractivity contribution < 1.29 is 4.42 Å². The van der Waals surface area contributed by atoms with Crippen LogP contribution in [0.3, 0.4) is 0 Å². The van der Waals surface area contributed by atoms with E-state index in [1.54, 1.807) is 22.9 Å². The molecule has 13 rings (SSSR count). The standard InChI is InChI=1S/2C15H21N.C13H18N2.C12H15NO.2C12H15NS.C7H12N2/c2*1-8-9(2)11(4)15-14(10(8)3)12(5)13(6)16(15)7;1-7-8(2)10(4)13-12(9(7)3)14-11(5)15(13)6;2*1-6-7(2)9(4)12-11(8(6)3)13-10(5)14-12;1-6-7(2)9(4)12-11(8(6)3)10(5)14-13-12;1-5-6(2)8-9(4)7(5)3/h2*1-7H3;1-6H3;3*1-5H3;1-4H3. The second-order valence-corrected chi connectivity index (χ2v) is 30.8. The lowest BCUT2D eigenvalue weighted by Crippen LogP contribution is -1.97. The van der Waals surface area contributed by atoms with Crippen molar-refractivity contribution >= 4 is 87.9 Å². The van der Waals surface area contributed by atoms with Crippen molar-refractivity contribution in [1.82, 2.24) is 42.8 Å². The van der Waals surface area contributed by atoms with Crippen LogP contribution >= 0.6 is 22.9 Å². The topological polar surface area (TPSA) is 97.3 Å². The van der Waals surface area contributed by atoms with Crippen LogP contribution < -0.4 is 0 Å². The van der Waals surface area contributed by atoms with E-state index >= 15 is 0 Å². The van der Waals surface area contributed by atoms with E-state index in [9.17, 15) is 0 Å². The summed E-state index contributed by atoms with van der Waals surface area (Å²) in [5.41, 5.74) is 52.1. The monoisotopic (exact) mass is 1360 g/mol. The van der Waals surface area contributed by atoms with Crippen LogP contribution in [-0.2, 0) is 28.2 Å². The van der Waals surface area contributed by atoms with E-state index < -0.39 is 0 Å². The van der Waals surface area contributed by atoms with Gasteiger partial charge in [-0.25, -0.2) is 15.0 Å². The molecule has 524 valence electrons. The largest absolute Gasteiger partial charge is 0.441 e. The maximum absolute atomic E-state index is 5.60. The molecule has 0 amide bonds. The first-order chi connectivity index (χ1) is 45.4. The third-order valence-corrected chi connectivity index (χ3v) is 25.8. The molecule has 98 heavy (non-hydrogen) atoms. The van der Waals surface area contributed by atoms with Crippen LogP contribution in [0.2, 0.25) is 0 Å². The van der Waals surface area contributed by atoms with Crippen molar-refractivity contribution in [2.24, 2.45) is 28.2 Å². The van der Waals surface area contributed by atoms with Gasteiger partial charge in [0.05, 0.1) is 48.5 Å². The summed E-state index contributed by atoms with van der Waals surface area (Å²) >= 11 is 3.42. The highest BCUT2D eigenvalue weighted by molar-refractivity contribution is 7.18. The molecular weight excluding hydrogens is 1240 g/mol. The zero-order chi connectivity index (χ0) is 74.1. The molecule has 0 radical (unpaired) electrons. The Morgan fingerprint density at radius 1 is 0.286 bits per heavy atom. The van der Waals surface area contributed by atoms with Crippen LogP contribution in [0, 0.1) is 242 Å². The normalized spacial score (nSPS) is 11.2. The highest BCUT2D eigenvalue weighted by atomic mass is 32.1. The molecule has 10 nitrogen and oxygen atoms in total. The number of fused-ring (bicyclic) bond motifs is 6. The first kappa shape index (κ1) is 77.7. The second-order valence-electron chi connectivity index (χ2n) is 28.6. The van der Waals surface area contributed by atoms with E-state index in [0.29, 0.717) is 0 Å². The molecule has 0 aliphatic heterocycles. The molecule has 6 aromatic carbocycles. The van der Waals surface area contributed by atoms with Crippen LogP contribution in [-0.4, -0.2) is 42.8 Å². The van der Waals surface area contributed by atoms with Crippen LogP contribution in [0.15, 0.2) is 4.42 Å². The van der Waals surface area contributed by atoms with Crippen molar-refractivity contribution in [3.63, 3.8) is 0 Å². The Balaban J connectivity index is 0.000000162. The zero-order valence-corrected chi connectivity index (χ0v) is 69.4. The molecule has 0 saturated heterocycles. The van der Waals surface area contributed by atoms with Crippen LogP contribution in [0.25, 0.3) is 65.1 Å². The van der Waals surface area contributed by atoms with E-state index in [2.05, 4.69) is 288 Å². The zero-order valence-electron chi connectivity index (χ0n) is 67.7.